The van der Waals surface area contributed by atoms with Crippen LogP contribution in [0.4, 0.5) is 8.78 Å². The molecule has 2 aromatic carbocycles. The molecule has 1 fully saturated rings. The molecule has 0 aliphatic heterocycles. The number of hydrogen-bond donors (Lipinski definition) is 1. The topological polar surface area (TPSA) is 64.6 Å². The average molecular weight is 468 g/mol. The molecule has 3 rings (SSSR count). The van der Waals surface area contributed by atoms with Gasteiger partial charge in [-0.3, -0.25) is 0 Å². The largest absolute Gasteiger partial charge is 0.490 e. The van der Waals surface area contributed by atoms with Crippen LogP contribution in [0.3, 0.4) is 0 Å². The Balaban J connectivity index is 1.76. The van der Waals surface area contributed by atoms with Gasteiger partial charge in [-0.1, -0.05) is 32.0 Å². The highest BCUT2D eigenvalue weighted by Gasteiger charge is 2.25. The zero-order chi connectivity index (χ0) is 23.1. The molecule has 0 saturated heterocycles. The highest BCUT2D eigenvalue weighted by molar-refractivity contribution is 7.89. The van der Waals surface area contributed by atoms with Crippen LogP contribution in [0, 0.1) is 23.5 Å². The number of rotatable bonds is 13. The number of sulfonamides is 1. The third kappa shape index (κ3) is 7.83. The van der Waals surface area contributed by atoms with Gasteiger partial charge in [0, 0.05) is 13.2 Å². The molecule has 0 amide bonds. The Labute approximate surface area is 189 Å². The minimum absolute atomic E-state index is 0.0859. The molecule has 0 unspecified atom stereocenters. The summed E-state index contributed by atoms with van der Waals surface area (Å²) in [5.74, 6) is -0.134. The van der Waals surface area contributed by atoms with Gasteiger partial charge in [0.25, 0.3) is 0 Å². The standard InChI is InChI=1S/C24H31F2NO4S/c1-17(2)15-30-12-3-13-32(28,29)27-24(19-6-9-21(25)10-7-19)20-8-11-22(26)23(14-20)31-16-18-4-5-18/h6-11,14,17-18,24,27H,3-5,12-13,15-16H2,1-2H3/t24-/m1/s1. The molecule has 176 valence electrons. The van der Waals surface area contributed by atoms with E-state index in [1.54, 1.807) is 0 Å². The van der Waals surface area contributed by atoms with E-state index in [4.69, 9.17) is 9.47 Å². The van der Waals surface area contributed by atoms with E-state index in [2.05, 4.69) is 4.72 Å². The van der Waals surface area contributed by atoms with Crippen molar-refractivity contribution in [3.05, 3.63) is 65.2 Å². The van der Waals surface area contributed by atoms with E-state index in [0.29, 0.717) is 49.2 Å². The van der Waals surface area contributed by atoms with Crippen LogP contribution in [-0.2, 0) is 14.8 Å². The molecule has 1 saturated carbocycles. The van der Waals surface area contributed by atoms with Gasteiger partial charge >= 0.3 is 0 Å². The van der Waals surface area contributed by atoms with Gasteiger partial charge < -0.3 is 9.47 Å². The molecule has 0 radical (unpaired) electrons. The van der Waals surface area contributed by atoms with Crippen LogP contribution in [0.2, 0.25) is 0 Å². The molecule has 1 N–H and O–H groups in total. The lowest BCUT2D eigenvalue weighted by Gasteiger charge is -2.21. The SMILES string of the molecule is CC(C)COCCCS(=O)(=O)N[C@H](c1ccc(F)cc1)c1ccc(F)c(OCC2CC2)c1. The lowest BCUT2D eigenvalue weighted by Crippen LogP contribution is -2.32. The Morgan fingerprint density at radius 3 is 2.41 bits per heavy atom. The Hall–Kier alpha value is -2.03. The van der Waals surface area contributed by atoms with Gasteiger partial charge in [-0.2, -0.15) is 0 Å². The Morgan fingerprint density at radius 2 is 1.75 bits per heavy atom. The van der Waals surface area contributed by atoms with Gasteiger partial charge in [0.2, 0.25) is 10.0 Å². The van der Waals surface area contributed by atoms with Gasteiger partial charge in [-0.05, 0) is 66.5 Å². The van der Waals surface area contributed by atoms with Crippen molar-refractivity contribution in [3.63, 3.8) is 0 Å². The molecule has 0 bridgehead atoms. The summed E-state index contributed by atoms with van der Waals surface area (Å²) in [6, 6.07) is 9.06. The fourth-order valence-corrected chi connectivity index (χ4v) is 4.44. The molecule has 8 heteroatoms. The summed E-state index contributed by atoms with van der Waals surface area (Å²) in [6.45, 7) is 5.40. The smallest absolute Gasteiger partial charge is 0.212 e. The molecular weight excluding hydrogens is 436 g/mol. The number of hydrogen-bond acceptors (Lipinski definition) is 4. The Morgan fingerprint density at radius 1 is 1.06 bits per heavy atom. The maximum Gasteiger partial charge on any atom is 0.212 e. The maximum atomic E-state index is 14.3. The lowest BCUT2D eigenvalue weighted by atomic mass is 9.99. The van der Waals surface area contributed by atoms with Crippen molar-refractivity contribution in [2.24, 2.45) is 11.8 Å². The third-order valence-electron chi connectivity index (χ3n) is 5.11. The van der Waals surface area contributed by atoms with E-state index in [1.165, 1.54) is 42.5 Å². The fraction of sp³-hybridized carbons (Fsp3) is 0.500. The van der Waals surface area contributed by atoms with Crippen LogP contribution in [-0.4, -0.2) is 34.0 Å². The summed E-state index contributed by atoms with van der Waals surface area (Å²) in [6.07, 6.45) is 2.48. The van der Waals surface area contributed by atoms with Gasteiger partial charge in [0.1, 0.15) is 5.82 Å². The Bertz CT molecular complexity index is 976. The third-order valence-corrected chi connectivity index (χ3v) is 6.53. The van der Waals surface area contributed by atoms with E-state index in [9.17, 15) is 17.2 Å². The molecule has 0 heterocycles. The van der Waals surface area contributed by atoms with Crippen LogP contribution in [0.5, 0.6) is 5.75 Å². The van der Waals surface area contributed by atoms with Crippen molar-refractivity contribution in [1.82, 2.24) is 4.72 Å². The van der Waals surface area contributed by atoms with E-state index < -0.39 is 27.7 Å². The summed E-state index contributed by atoms with van der Waals surface area (Å²) in [5.41, 5.74) is 1.06. The number of nitrogens with one attached hydrogen (secondary N) is 1. The molecule has 32 heavy (non-hydrogen) atoms. The second kappa shape index (κ2) is 11.2. The quantitative estimate of drug-likeness (QED) is 0.429. The van der Waals surface area contributed by atoms with Crippen molar-refractivity contribution in [2.45, 2.75) is 39.2 Å². The number of halogens is 2. The lowest BCUT2D eigenvalue weighted by molar-refractivity contribution is 0.111. The van der Waals surface area contributed by atoms with Crippen LogP contribution in [0.25, 0.3) is 0 Å². The number of ether oxygens (including phenoxy) is 2. The van der Waals surface area contributed by atoms with Gasteiger partial charge in [-0.15, -0.1) is 0 Å². The average Bonchev–Trinajstić information content (AvgIpc) is 3.56. The van der Waals surface area contributed by atoms with Crippen molar-refractivity contribution >= 4 is 10.0 Å². The monoisotopic (exact) mass is 467 g/mol. The summed E-state index contributed by atoms with van der Waals surface area (Å²) >= 11 is 0. The fourth-order valence-electron chi connectivity index (χ4n) is 3.19. The van der Waals surface area contributed by atoms with E-state index in [-0.39, 0.29) is 11.5 Å². The molecular formula is C24H31F2NO4S. The summed E-state index contributed by atoms with van der Waals surface area (Å²) in [7, 11) is -3.68. The van der Waals surface area contributed by atoms with Crippen molar-refractivity contribution in [2.75, 3.05) is 25.6 Å². The highest BCUT2D eigenvalue weighted by atomic mass is 32.2. The molecule has 1 aliphatic rings. The van der Waals surface area contributed by atoms with E-state index >= 15 is 0 Å². The highest BCUT2D eigenvalue weighted by Crippen LogP contribution is 2.32. The van der Waals surface area contributed by atoms with Crippen molar-refractivity contribution in [3.8, 4) is 5.75 Å². The van der Waals surface area contributed by atoms with Crippen LogP contribution in [0.1, 0.15) is 50.3 Å². The Kier molecular flexibility index (Phi) is 8.62. The zero-order valence-electron chi connectivity index (χ0n) is 18.5. The summed E-state index contributed by atoms with van der Waals surface area (Å²) < 4.78 is 67.1. The first-order chi connectivity index (χ1) is 15.2. The molecule has 0 aromatic heterocycles. The molecule has 5 nitrogen and oxygen atoms in total. The summed E-state index contributed by atoms with van der Waals surface area (Å²) in [4.78, 5) is 0. The molecule has 0 spiro atoms. The first kappa shape index (κ1) is 24.6. The van der Waals surface area contributed by atoms with Gasteiger partial charge in [-0.25, -0.2) is 21.9 Å². The molecule has 1 aliphatic carbocycles. The first-order valence-corrected chi connectivity index (χ1v) is 12.6. The predicted molar refractivity (Wildman–Crippen MR) is 120 cm³/mol. The van der Waals surface area contributed by atoms with Crippen LogP contribution in [0.15, 0.2) is 42.5 Å². The normalized spacial score (nSPS) is 15.2. The van der Waals surface area contributed by atoms with Crippen molar-refractivity contribution in [1.29, 1.82) is 0 Å². The maximum absolute atomic E-state index is 14.3. The summed E-state index contributed by atoms with van der Waals surface area (Å²) in [5, 5.41) is 0. The minimum atomic E-state index is -3.68. The zero-order valence-corrected chi connectivity index (χ0v) is 19.3. The van der Waals surface area contributed by atoms with Crippen molar-refractivity contribution < 1.29 is 26.7 Å². The van der Waals surface area contributed by atoms with Gasteiger partial charge in [0.15, 0.2) is 11.6 Å². The number of benzene rings is 2. The predicted octanol–water partition coefficient (Wildman–Crippen LogP) is 4.83. The van der Waals surface area contributed by atoms with Gasteiger partial charge in [0.05, 0.1) is 18.4 Å². The molecule has 2 aromatic rings. The van der Waals surface area contributed by atoms with E-state index in [1.807, 2.05) is 13.8 Å². The second-order valence-electron chi connectivity index (χ2n) is 8.69. The van der Waals surface area contributed by atoms with E-state index in [0.717, 1.165) is 12.8 Å². The first-order valence-electron chi connectivity index (χ1n) is 11.0. The minimum Gasteiger partial charge on any atom is -0.490 e. The van der Waals surface area contributed by atoms with Crippen LogP contribution >= 0.6 is 0 Å². The molecule has 1 atom stereocenters. The second-order valence-corrected chi connectivity index (χ2v) is 10.6. The van der Waals surface area contributed by atoms with Crippen LogP contribution < -0.4 is 9.46 Å².